The molecule has 1 aliphatic rings. The highest BCUT2D eigenvalue weighted by Crippen LogP contribution is 2.40. The second kappa shape index (κ2) is 9.34. The summed E-state index contributed by atoms with van der Waals surface area (Å²) in [6, 6.07) is 0. The lowest BCUT2D eigenvalue weighted by Gasteiger charge is -2.33. The van der Waals surface area contributed by atoms with Gasteiger partial charge in [-0.3, -0.25) is 4.90 Å². The fourth-order valence-electron chi connectivity index (χ4n) is 3.76. The Morgan fingerprint density at radius 1 is 1.17 bits per heavy atom. The quantitative estimate of drug-likeness (QED) is 0.667. The molecule has 0 bridgehead atoms. The Hall–Kier alpha value is -1.48. The minimum atomic E-state index is -0.366. The summed E-state index contributed by atoms with van der Waals surface area (Å²) in [4.78, 5) is 11.4. The Balaban J connectivity index is 1.74. The molecule has 3 rings (SSSR count). The van der Waals surface area contributed by atoms with Crippen molar-refractivity contribution in [2.45, 2.75) is 47.1 Å². The molecule has 0 spiro atoms. The molecule has 0 aliphatic carbocycles. The summed E-state index contributed by atoms with van der Waals surface area (Å²) in [6.45, 7) is 19.3. The van der Waals surface area contributed by atoms with Gasteiger partial charge in [0.2, 0.25) is 5.05 Å². The van der Waals surface area contributed by atoms with E-state index in [4.69, 9.17) is 32.4 Å². The average Bonchev–Trinajstić information content (AvgIpc) is 3.00. The molecule has 0 amide bonds. The maximum Gasteiger partial charge on any atom is 0.204 e. The number of thiophene rings is 1. The highest BCUT2D eigenvalue weighted by molar-refractivity contribution is 7.81. The number of thiocarbonyl (C=S) groups is 1. The number of pyridine rings is 1. The van der Waals surface area contributed by atoms with Gasteiger partial charge in [0.1, 0.15) is 27.7 Å². The molecular weight excluding hydrogens is 416 g/mol. The largest absolute Gasteiger partial charge is 0.490 e. The summed E-state index contributed by atoms with van der Waals surface area (Å²) in [5, 5.41) is 1.35. The number of hydrogen-bond acceptors (Lipinski definition) is 8. The predicted molar refractivity (Wildman–Crippen MR) is 130 cm³/mol. The predicted octanol–water partition coefficient (Wildman–Crippen LogP) is 4.00. The Labute approximate surface area is 189 Å². The molecule has 0 atom stereocenters. The molecule has 2 aromatic rings. The minimum absolute atomic E-state index is 0.366. The number of aromatic nitrogens is 1. The van der Waals surface area contributed by atoms with Gasteiger partial charge in [-0.05, 0) is 53.4 Å². The van der Waals surface area contributed by atoms with Gasteiger partial charge in [0.25, 0.3) is 0 Å². The van der Waals surface area contributed by atoms with Crippen LogP contribution in [-0.4, -0.2) is 71.3 Å². The van der Waals surface area contributed by atoms with Crippen molar-refractivity contribution >= 4 is 44.5 Å². The van der Waals surface area contributed by atoms with Crippen LogP contribution in [0.3, 0.4) is 0 Å². The molecule has 0 aromatic carbocycles. The van der Waals surface area contributed by atoms with Crippen LogP contribution in [0.2, 0.25) is 0 Å². The fourth-order valence-corrected chi connectivity index (χ4v) is 5.32. The smallest absolute Gasteiger partial charge is 0.204 e. The third kappa shape index (κ3) is 5.22. The number of rotatable bonds is 6. The molecule has 1 fully saturated rings. The molecular formula is C22H34N4O2S2. The maximum absolute atomic E-state index is 6.48. The van der Waals surface area contributed by atoms with E-state index in [1.165, 1.54) is 11.3 Å². The van der Waals surface area contributed by atoms with Crippen molar-refractivity contribution in [3.8, 4) is 5.75 Å². The first-order valence-electron chi connectivity index (χ1n) is 10.6. The standard InChI is InChI=1S/C22H34N4O2S2/c1-7-25-8-10-26(11-9-25)12-13-27-18-14(2)16-17(23)19(21(29)28-22(4,5)6)30-20(16)24-15(18)3/h7-13,23H2,1-6H3. The van der Waals surface area contributed by atoms with Crippen molar-refractivity contribution in [3.05, 3.63) is 16.1 Å². The van der Waals surface area contributed by atoms with E-state index < -0.39 is 0 Å². The SMILES string of the molecule is CCN1CCN(CCOc2c(C)nc3sc(C(=S)OC(C)(C)C)c(N)c3c2C)CC1. The number of fused-ring (bicyclic) bond motifs is 1. The van der Waals surface area contributed by atoms with Gasteiger partial charge < -0.3 is 20.1 Å². The van der Waals surface area contributed by atoms with E-state index in [1.54, 1.807) is 0 Å². The third-order valence-electron chi connectivity index (χ3n) is 5.39. The number of piperazine rings is 1. The molecule has 0 saturated carbocycles. The average molecular weight is 451 g/mol. The number of anilines is 1. The number of nitrogens with zero attached hydrogens (tertiary/aromatic N) is 3. The number of nitrogens with two attached hydrogens (primary N) is 1. The van der Waals surface area contributed by atoms with Gasteiger partial charge in [-0.25, -0.2) is 4.98 Å². The van der Waals surface area contributed by atoms with Crippen LogP contribution in [0.4, 0.5) is 5.69 Å². The van der Waals surface area contributed by atoms with E-state index >= 15 is 0 Å². The van der Waals surface area contributed by atoms with E-state index in [2.05, 4.69) is 16.7 Å². The lowest BCUT2D eigenvalue weighted by atomic mass is 10.1. The van der Waals surface area contributed by atoms with Crippen LogP contribution in [0.25, 0.3) is 10.2 Å². The summed E-state index contributed by atoms with van der Waals surface area (Å²) >= 11 is 6.99. The number of likely N-dealkylation sites (N-methyl/N-ethyl adjacent to an activating group) is 1. The normalized spacial score (nSPS) is 16.2. The van der Waals surface area contributed by atoms with Crippen molar-refractivity contribution in [1.29, 1.82) is 0 Å². The number of nitrogen functional groups attached to an aromatic ring is 1. The molecule has 0 radical (unpaired) electrons. The van der Waals surface area contributed by atoms with Crippen LogP contribution >= 0.6 is 23.6 Å². The summed E-state index contributed by atoms with van der Waals surface area (Å²) in [5.41, 5.74) is 8.65. The van der Waals surface area contributed by atoms with E-state index in [0.717, 1.165) is 71.4 Å². The van der Waals surface area contributed by atoms with Gasteiger partial charge in [0, 0.05) is 43.7 Å². The molecule has 1 aliphatic heterocycles. The summed E-state index contributed by atoms with van der Waals surface area (Å²) in [7, 11) is 0. The molecule has 30 heavy (non-hydrogen) atoms. The van der Waals surface area contributed by atoms with Gasteiger partial charge in [0.15, 0.2) is 0 Å². The van der Waals surface area contributed by atoms with Crippen molar-refractivity contribution in [2.75, 3.05) is 51.6 Å². The van der Waals surface area contributed by atoms with Crippen LogP contribution in [0.5, 0.6) is 5.75 Å². The van der Waals surface area contributed by atoms with Gasteiger partial charge in [-0.15, -0.1) is 11.3 Å². The lowest BCUT2D eigenvalue weighted by molar-refractivity contribution is 0.120. The van der Waals surface area contributed by atoms with E-state index in [1.807, 2.05) is 34.6 Å². The van der Waals surface area contributed by atoms with Crippen molar-refractivity contribution in [1.82, 2.24) is 14.8 Å². The molecule has 166 valence electrons. The minimum Gasteiger partial charge on any atom is -0.490 e. The summed E-state index contributed by atoms with van der Waals surface area (Å²) in [5.74, 6) is 0.827. The summed E-state index contributed by atoms with van der Waals surface area (Å²) < 4.78 is 12.1. The van der Waals surface area contributed by atoms with Crippen molar-refractivity contribution in [3.63, 3.8) is 0 Å². The Kier molecular flexibility index (Phi) is 7.22. The van der Waals surface area contributed by atoms with E-state index in [0.29, 0.717) is 17.3 Å². The highest BCUT2D eigenvalue weighted by atomic mass is 32.1. The molecule has 3 heterocycles. The van der Waals surface area contributed by atoms with Crippen molar-refractivity contribution in [2.24, 2.45) is 0 Å². The van der Waals surface area contributed by atoms with Gasteiger partial charge in [-0.2, -0.15) is 0 Å². The first kappa shape index (κ1) is 23.2. The van der Waals surface area contributed by atoms with E-state index in [9.17, 15) is 0 Å². The number of hydrogen-bond donors (Lipinski definition) is 1. The fraction of sp³-hybridized carbons (Fsp3) is 0.636. The second-order valence-electron chi connectivity index (χ2n) is 8.80. The molecule has 8 heteroatoms. The van der Waals surface area contributed by atoms with E-state index in [-0.39, 0.29) is 5.60 Å². The zero-order valence-corrected chi connectivity index (χ0v) is 20.6. The zero-order valence-electron chi connectivity index (χ0n) is 19.0. The van der Waals surface area contributed by atoms with Crippen LogP contribution in [0.15, 0.2) is 0 Å². The number of aryl methyl sites for hydroxylation is 2. The second-order valence-corrected chi connectivity index (χ2v) is 10.2. The molecule has 6 nitrogen and oxygen atoms in total. The Bertz CT molecular complexity index is 912. The molecule has 2 N–H and O–H groups in total. The van der Waals surface area contributed by atoms with Gasteiger partial charge >= 0.3 is 0 Å². The van der Waals surface area contributed by atoms with Gasteiger partial charge in [0.05, 0.1) is 11.4 Å². The van der Waals surface area contributed by atoms with Crippen LogP contribution in [0, 0.1) is 13.8 Å². The maximum atomic E-state index is 6.48. The lowest BCUT2D eigenvalue weighted by Crippen LogP contribution is -2.47. The van der Waals surface area contributed by atoms with Crippen molar-refractivity contribution < 1.29 is 9.47 Å². The van der Waals surface area contributed by atoms with Crippen LogP contribution < -0.4 is 10.5 Å². The molecule has 0 unspecified atom stereocenters. The van der Waals surface area contributed by atoms with Crippen LogP contribution in [-0.2, 0) is 4.74 Å². The zero-order chi connectivity index (χ0) is 22.1. The van der Waals surface area contributed by atoms with Crippen LogP contribution in [0.1, 0.15) is 43.8 Å². The third-order valence-corrected chi connectivity index (χ3v) is 6.91. The Morgan fingerprint density at radius 2 is 1.80 bits per heavy atom. The van der Waals surface area contributed by atoms with Gasteiger partial charge in [-0.1, -0.05) is 6.92 Å². The topological polar surface area (TPSA) is 63.8 Å². The Morgan fingerprint density at radius 3 is 2.40 bits per heavy atom. The monoisotopic (exact) mass is 450 g/mol. The summed E-state index contributed by atoms with van der Waals surface area (Å²) in [6.07, 6.45) is 0. The first-order chi connectivity index (χ1) is 14.1. The highest BCUT2D eigenvalue weighted by Gasteiger charge is 2.24. The first-order valence-corrected chi connectivity index (χ1v) is 11.8. The number of ether oxygens (including phenoxy) is 2. The molecule has 1 saturated heterocycles. The molecule has 2 aromatic heterocycles.